The number of carbonyl (C=O) groups excluding carboxylic acids is 1. The predicted octanol–water partition coefficient (Wildman–Crippen LogP) is -0.225. The van der Waals surface area contributed by atoms with Gasteiger partial charge in [-0.15, -0.1) is 0 Å². The fraction of sp³-hybridized carbons (Fsp3) is 0.800. The fourth-order valence-corrected chi connectivity index (χ4v) is 1.66. The van der Waals surface area contributed by atoms with E-state index in [1.54, 1.807) is 6.92 Å². The van der Waals surface area contributed by atoms with Crippen molar-refractivity contribution < 1.29 is 14.7 Å². The SMILES string of the molecule is CCN(CC(=O)O)C(=O)C(C)C1CNC1. The number of carboxylic acid groups (broad SMARTS) is 1. The van der Waals surface area contributed by atoms with Crippen LogP contribution in [-0.4, -0.2) is 48.1 Å². The van der Waals surface area contributed by atoms with E-state index >= 15 is 0 Å². The maximum Gasteiger partial charge on any atom is 0.323 e. The Morgan fingerprint density at radius 2 is 2.13 bits per heavy atom. The zero-order chi connectivity index (χ0) is 11.4. The molecule has 0 bridgehead atoms. The first-order valence-corrected chi connectivity index (χ1v) is 5.27. The van der Waals surface area contributed by atoms with Gasteiger partial charge in [-0.05, 0) is 25.9 Å². The van der Waals surface area contributed by atoms with Crippen LogP contribution in [0.3, 0.4) is 0 Å². The number of carboxylic acids is 1. The van der Waals surface area contributed by atoms with Gasteiger partial charge in [-0.2, -0.15) is 0 Å². The van der Waals surface area contributed by atoms with Crippen LogP contribution in [0.1, 0.15) is 13.8 Å². The molecule has 86 valence electrons. The van der Waals surface area contributed by atoms with Crippen LogP contribution in [0, 0.1) is 11.8 Å². The van der Waals surface area contributed by atoms with E-state index < -0.39 is 5.97 Å². The highest BCUT2D eigenvalue weighted by atomic mass is 16.4. The summed E-state index contributed by atoms with van der Waals surface area (Å²) in [6, 6.07) is 0. The van der Waals surface area contributed by atoms with Crippen molar-refractivity contribution in [1.29, 1.82) is 0 Å². The van der Waals surface area contributed by atoms with Crippen molar-refractivity contribution >= 4 is 11.9 Å². The lowest BCUT2D eigenvalue weighted by Gasteiger charge is -2.34. The Bertz CT molecular complexity index is 251. The van der Waals surface area contributed by atoms with Crippen LogP contribution in [0.25, 0.3) is 0 Å². The molecule has 5 nitrogen and oxygen atoms in total. The lowest BCUT2D eigenvalue weighted by atomic mass is 9.88. The van der Waals surface area contributed by atoms with Crippen molar-refractivity contribution in [3.8, 4) is 0 Å². The number of amides is 1. The second kappa shape index (κ2) is 5.11. The molecule has 0 aliphatic carbocycles. The molecular formula is C10H18N2O3. The average molecular weight is 214 g/mol. The smallest absolute Gasteiger partial charge is 0.323 e. The highest BCUT2D eigenvalue weighted by Gasteiger charge is 2.31. The topological polar surface area (TPSA) is 69.6 Å². The van der Waals surface area contributed by atoms with Crippen molar-refractivity contribution in [1.82, 2.24) is 10.2 Å². The molecule has 1 rings (SSSR count). The van der Waals surface area contributed by atoms with Crippen molar-refractivity contribution in [2.75, 3.05) is 26.2 Å². The van der Waals surface area contributed by atoms with Crippen LogP contribution >= 0.6 is 0 Å². The first-order chi connectivity index (χ1) is 7.06. The van der Waals surface area contributed by atoms with E-state index in [-0.39, 0.29) is 18.4 Å². The zero-order valence-corrected chi connectivity index (χ0v) is 9.19. The summed E-state index contributed by atoms with van der Waals surface area (Å²) in [6.07, 6.45) is 0. The number of carbonyl (C=O) groups is 2. The molecule has 1 heterocycles. The maximum absolute atomic E-state index is 11.9. The van der Waals surface area contributed by atoms with Gasteiger partial charge in [-0.3, -0.25) is 9.59 Å². The molecule has 0 aromatic heterocycles. The maximum atomic E-state index is 11.9. The molecule has 1 fully saturated rings. The molecule has 15 heavy (non-hydrogen) atoms. The van der Waals surface area contributed by atoms with E-state index in [4.69, 9.17) is 5.11 Å². The fourth-order valence-electron chi connectivity index (χ4n) is 1.66. The molecule has 5 heteroatoms. The highest BCUT2D eigenvalue weighted by molar-refractivity contribution is 5.83. The van der Waals surface area contributed by atoms with E-state index in [1.807, 2.05) is 6.92 Å². The molecule has 0 aromatic carbocycles. The minimum absolute atomic E-state index is 0.0496. The van der Waals surface area contributed by atoms with Gasteiger partial charge in [0.2, 0.25) is 5.91 Å². The molecule has 2 N–H and O–H groups in total. The van der Waals surface area contributed by atoms with Crippen molar-refractivity contribution in [3.05, 3.63) is 0 Å². The van der Waals surface area contributed by atoms with Gasteiger partial charge in [0.1, 0.15) is 6.54 Å². The molecule has 1 aliphatic rings. The Morgan fingerprint density at radius 1 is 1.53 bits per heavy atom. The van der Waals surface area contributed by atoms with Crippen LogP contribution in [0.4, 0.5) is 0 Å². The van der Waals surface area contributed by atoms with Gasteiger partial charge in [-0.1, -0.05) is 6.92 Å². The third kappa shape index (κ3) is 2.92. The van der Waals surface area contributed by atoms with E-state index in [1.165, 1.54) is 4.90 Å². The molecule has 0 aromatic rings. The molecule has 0 saturated carbocycles. The second-order valence-corrected chi connectivity index (χ2v) is 3.95. The van der Waals surface area contributed by atoms with Gasteiger partial charge in [-0.25, -0.2) is 0 Å². The Labute approximate surface area is 89.4 Å². The van der Waals surface area contributed by atoms with E-state index in [0.717, 1.165) is 13.1 Å². The standard InChI is InChI=1S/C10H18N2O3/c1-3-12(6-9(13)14)10(15)7(2)8-4-11-5-8/h7-8,11H,3-6H2,1-2H3,(H,13,14). The zero-order valence-electron chi connectivity index (χ0n) is 9.19. The highest BCUT2D eigenvalue weighted by Crippen LogP contribution is 2.18. The summed E-state index contributed by atoms with van der Waals surface area (Å²) in [5.74, 6) is -0.721. The third-order valence-corrected chi connectivity index (χ3v) is 2.93. The van der Waals surface area contributed by atoms with Gasteiger partial charge in [0, 0.05) is 12.5 Å². The minimum Gasteiger partial charge on any atom is -0.480 e. The van der Waals surface area contributed by atoms with E-state index in [0.29, 0.717) is 12.5 Å². The van der Waals surface area contributed by atoms with Crippen LogP contribution in [-0.2, 0) is 9.59 Å². The summed E-state index contributed by atoms with van der Waals surface area (Å²) in [5.41, 5.74) is 0. The Hall–Kier alpha value is -1.10. The third-order valence-electron chi connectivity index (χ3n) is 2.93. The van der Waals surface area contributed by atoms with E-state index in [9.17, 15) is 9.59 Å². The summed E-state index contributed by atoms with van der Waals surface area (Å²) in [5, 5.41) is 11.8. The van der Waals surface area contributed by atoms with Crippen LogP contribution in [0.5, 0.6) is 0 Å². The molecule has 0 spiro atoms. The van der Waals surface area contributed by atoms with Gasteiger partial charge in [0.15, 0.2) is 0 Å². The normalized spacial score (nSPS) is 18.0. The monoisotopic (exact) mass is 214 g/mol. The lowest BCUT2D eigenvalue weighted by Crippen LogP contribution is -2.51. The van der Waals surface area contributed by atoms with Crippen molar-refractivity contribution in [2.24, 2.45) is 11.8 Å². The molecule has 1 amide bonds. The molecule has 1 unspecified atom stereocenters. The largest absolute Gasteiger partial charge is 0.480 e. The molecule has 1 saturated heterocycles. The van der Waals surface area contributed by atoms with Gasteiger partial charge >= 0.3 is 5.97 Å². The number of rotatable bonds is 5. The van der Waals surface area contributed by atoms with Crippen LogP contribution in [0.15, 0.2) is 0 Å². The molecule has 0 radical (unpaired) electrons. The number of hydrogen-bond donors (Lipinski definition) is 2. The number of nitrogens with one attached hydrogen (secondary N) is 1. The summed E-state index contributed by atoms with van der Waals surface area (Å²) in [4.78, 5) is 23.8. The van der Waals surface area contributed by atoms with Crippen LogP contribution < -0.4 is 5.32 Å². The Kier molecular flexibility index (Phi) is 4.08. The van der Waals surface area contributed by atoms with Gasteiger partial charge in [0.25, 0.3) is 0 Å². The van der Waals surface area contributed by atoms with Crippen molar-refractivity contribution in [3.63, 3.8) is 0 Å². The number of hydrogen-bond acceptors (Lipinski definition) is 3. The van der Waals surface area contributed by atoms with Gasteiger partial charge in [0.05, 0.1) is 0 Å². The number of aliphatic carboxylic acids is 1. The summed E-state index contributed by atoms with van der Waals surface area (Å²) < 4.78 is 0. The summed E-state index contributed by atoms with van der Waals surface area (Å²) in [6.45, 7) is 5.65. The molecule has 1 atom stereocenters. The predicted molar refractivity (Wildman–Crippen MR) is 55.4 cm³/mol. The summed E-state index contributed by atoms with van der Waals surface area (Å²) in [7, 11) is 0. The Balaban J connectivity index is 2.50. The Morgan fingerprint density at radius 3 is 2.47 bits per heavy atom. The minimum atomic E-state index is -0.955. The number of nitrogens with zero attached hydrogens (tertiary/aromatic N) is 1. The molecular weight excluding hydrogens is 196 g/mol. The average Bonchev–Trinajstić information content (AvgIpc) is 2.09. The summed E-state index contributed by atoms with van der Waals surface area (Å²) >= 11 is 0. The molecule has 1 aliphatic heterocycles. The van der Waals surface area contributed by atoms with Crippen LogP contribution in [0.2, 0.25) is 0 Å². The van der Waals surface area contributed by atoms with E-state index in [2.05, 4.69) is 5.32 Å². The lowest BCUT2D eigenvalue weighted by molar-refractivity contribution is -0.147. The second-order valence-electron chi connectivity index (χ2n) is 3.95. The first kappa shape index (κ1) is 12.0. The quantitative estimate of drug-likeness (QED) is 0.663. The van der Waals surface area contributed by atoms with Crippen molar-refractivity contribution in [2.45, 2.75) is 13.8 Å². The number of likely N-dealkylation sites (N-methyl/N-ethyl adjacent to an activating group) is 1. The first-order valence-electron chi connectivity index (χ1n) is 5.27. The van der Waals surface area contributed by atoms with Gasteiger partial charge < -0.3 is 15.3 Å².